The molecule has 0 spiro atoms. The van der Waals surface area contributed by atoms with Crippen LogP contribution in [0.5, 0.6) is 5.88 Å². The van der Waals surface area contributed by atoms with Gasteiger partial charge >= 0.3 is 0 Å². The topological polar surface area (TPSA) is 34.1 Å². The molecule has 0 radical (unpaired) electrons. The average Bonchev–Trinajstić information content (AvgIpc) is 2.84. The number of nitrogens with one attached hydrogen (secondary N) is 1. The van der Waals surface area contributed by atoms with Crippen LogP contribution in [0.25, 0.3) is 10.1 Å². The van der Waals surface area contributed by atoms with E-state index < -0.39 is 0 Å². The minimum absolute atomic E-state index is 0. The fourth-order valence-electron chi connectivity index (χ4n) is 2.46. The highest BCUT2D eigenvalue weighted by molar-refractivity contribution is 7.13. The largest absolute Gasteiger partial charge is 0.477 e. The third-order valence-electron chi connectivity index (χ3n) is 3.51. The molecule has 0 aliphatic carbocycles. The first-order valence-electron chi connectivity index (χ1n) is 6.61. The highest BCUT2D eigenvalue weighted by atomic mass is 35.5. The van der Waals surface area contributed by atoms with Gasteiger partial charge in [0.2, 0.25) is 5.88 Å². The second kappa shape index (κ2) is 7.08. The van der Waals surface area contributed by atoms with E-state index in [2.05, 4.69) is 21.8 Å². The molecular formula is C14H19ClN2OS. The smallest absolute Gasteiger partial charge is 0.233 e. The predicted octanol–water partition coefficient (Wildman–Crippen LogP) is 3.49. The zero-order valence-corrected chi connectivity index (χ0v) is 12.4. The number of aromatic nitrogens is 1. The van der Waals surface area contributed by atoms with Crippen LogP contribution in [0.3, 0.4) is 0 Å². The first-order valence-corrected chi connectivity index (χ1v) is 7.39. The Morgan fingerprint density at radius 2 is 2.26 bits per heavy atom. The van der Waals surface area contributed by atoms with Crippen LogP contribution in [0.15, 0.2) is 24.3 Å². The van der Waals surface area contributed by atoms with Crippen molar-refractivity contribution in [2.75, 3.05) is 19.7 Å². The van der Waals surface area contributed by atoms with Gasteiger partial charge in [-0.2, -0.15) is 4.37 Å². The van der Waals surface area contributed by atoms with Crippen LogP contribution in [0, 0.1) is 5.92 Å². The number of piperidine rings is 1. The van der Waals surface area contributed by atoms with Crippen molar-refractivity contribution in [3.05, 3.63) is 24.3 Å². The summed E-state index contributed by atoms with van der Waals surface area (Å²) in [5.74, 6) is 1.57. The molecule has 1 N–H and O–H groups in total. The second-order valence-electron chi connectivity index (χ2n) is 4.83. The van der Waals surface area contributed by atoms with E-state index in [1.54, 1.807) is 0 Å². The van der Waals surface area contributed by atoms with Crippen LogP contribution < -0.4 is 10.1 Å². The predicted molar refractivity (Wildman–Crippen MR) is 82.6 cm³/mol. The van der Waals surface area contributed by atoms with Gasteiger partial charge in [0.25, 0.3) is 0 Å². The zero-order valence-electron chi connectivity index (χ0n) is 10.8. The summed E-state index contributed by atoms with van der Waals surface area (Å²) in [5.41, 5.74) is 0. The van der Waals surface area contributed by atoms with Crippen molar-refractivity contribution in [1.29, 1.82) is 0 Å². The Bertz CT molecular complexity index is 511. The lowest BCUT2D eigenvalue weighted by atomic mass is 9.97. The number of rotatable bonds is 4. The molecule has 0 amide bonds. The molecule has 1 fully saturated rings. The first-order chi connectivity index (χ1) is 8.93. The maximum absolute atomic E-state index is 5.83. The van der Waals surface area contributed by atoms with E-state index in [4.69, 9.17) is 4.74 Å². The minimum atomic E-state index is 0. The molecule has 0 saturated carbocycles. The fraction of sp³-hybridized carbons (Fsp3) is 0.500. The number of halogens is 1. The molecule has 2 aromatic rings. The van der Waals surface area contributed by atoms with E-state index in [1.165, 1.54) is 35.6 Å². The van der Waals surface area contributed by atoms with Gasteiger partial charge in [-0.1, -0.05) is 12.1 Å². The summed E-state index contributed by atoms with van der Waals surface area (Å²) in [6.07, 6.45) is 3.75. The van der Waals surface area contributed by atoms with Crippen molar-refractivity contribution < 1.29 is 4.74 Å². The molecule has 3 rings (SSSR count). The maximum atomic E-state index is 5.83. The molecule has 1 aromatic heterocycles. The molecule has 104 valence electrons. The molecule has 19 heavy (non-hydrogen) atoms. The summed E-state index contributed by atoms with van der Waals surface area (Å²) < 4.78 is 11.4. The number of nitrogens with zero attached hydrogens (tertiary/aromatic N) is 1. The van der Waals surface area contributed by atoms with Crippen molar-refractivity contribution >= 4 is 34.0 Å². The molecule has 1 atom stereocenters. The van der Waals surface area contributed by atoms with E-state index in [0.29, 0.717) is 0 Å². The molecule has 2 heterocycles. The van der Waals surface area contributed by atoms with E-state index in [1.807, 2.05) is 12.1 Å². The molecule has 5 heteroatoms. The molecule has 1 aromatic carbocycles. The Kier molecular flexibility index (Phi) is 5.43. The Balaban J connectivity index is 0.00000133. The lowest BCUT2D eigenvalue weighted by Gasteiger charge is -2.22. The normalized spacial score (nSPS) is 19.1. The summed E-state index contributed by atoms with van der Waals surface area (Å²) in [6.45, 7) is 3.09. The van der Waals surface area contributed by atoms with E-state index >= 15 is 0 Å². The van der Waals surface area contributed by atoms with Crippen LogP contribution >= 0.6 is 23.9 Å². The third-order valence-corrected chi connectivity index (χ3v) is 4.32. The molecule has 1 saturated heterocycles. The van der Waals surface area contributed by atoms with Gasteiger partial charge < -0.3 is 10.1 Å². The number of fused-ring (bicyclic) bond motifs is 1. The van der Waals surface area contributed by atoms with Gasteiger partial charge in [-0.25, -0.2) is 0 Å². The zero-order chi connectivity index (χ0) is 12.2. The fourth-order valence-corrected chi connectivity index (χ4v) is 3.18. The van der Waals surface area contributed by atoms with Gasteiger partial charge in [-0.3, -0.25) is 0 Å². The summed E-state index contributed by atoms with van der Waals surface area (Å²) >= 11 is 1.51. The standard InChI is InChI=1S/C14H18N2OS.ClH/c1-2-6-13-12(5-1)14(16-18-13)17-9-7-11-4-3-8-15-10-11;/h1-2,5-6,11,15H,3-4,7-10H2;1H. The Morgan fingerprint density at radius 1 is 1.37 bits per heavy atom. The van der Waals surface area contributed by atoms with Crippen molar-refractivity contribution in [3.63, 3.8) is 0 Å². The monoisotopic (exact) mass is 298 g/mol. The van der Waals surface area contributed by atoms with Crippen molar-refractivity contribution in [3.8, 4) is 5.88 Å². The van der Waals surface area contributed by atoms with E-state index in [-0.39, 0.29) is 12.4 Å². The summed E-state index contributed by atoms with van der Waals surface area (Å²) in [7, 11) is 0. The van der Waals surface area contributed by atoms with Gasteiger partial charge in [0, 0.05) is 0 Å². The number of benzene rings is 1. The third kappa shape index (κ3) is 3.59. The maximum Gasteiger partial charge on any atom is 0.233 e. The summed E-state index contributed by atoms with van der Waals surface area (Å²) in [4.78, 5) is 0. The van der Waals surface area contributed by atoms with Crippen LogP contribution in [0.4, 0.5) is 0 Å². The van der Waals surface area contributed by atoms with E-state index in [9.17, 15) is 0 Å². The highest BCUT2D eigenvalue weighted by Crippen LogP contribution is 2.28. The van der Waals surface area contributed by atoms with Crippen LogP contribution in [0.2, 0.25) is 0 Å². The van der Waals surface area contributed by atoms with Crippen LogP contribution in [-0.2, 0) is 0 Å². The lowest BCUT2D eigenvalue weighted by Crippen LogP contribution is -2.30. The van der Waals surface area contributed by atoms with Gasteiger partial charge in [-0.05, 0) is 61.9 Å². The highest BCUT2D eigenvalue weighted by Gasteiger charge is 2.13. The van der Waals surface area contributed by atoms with Crippen LogP contribution in [-0.4, -0.2) is 24.1 Å². The Hall–Kier alpha value is -0.840. The van der Waals surface area contributed by atoms with Crippen LogP contribution in [0.1, 0.15) is 19.3 Å². The molecule has 1 aliphatic rings. The van der Waals surface area contributed by atoms with Gasteiger partial charge in [0.15, 0.2) is 0 Å². The number of ether oxygens (including phenoxy) is 1. The number of hydrogen-bond acceptors (Lipinski definition) is 4. The lowest BCUT2D eigenvalue weighted by molar-refractivity contribution is 0.251. The molecule has 1 aliphatic heterocycles. The van der Waals surface area contributed by atoms with Crippen molar-refractivity contribution in [1.82, 2.24) is 9.69 Å². The molecule has 1 unspecified atom stereocenters. The first kappa shape index (κ1) is 14.6. The minimum Gasteiger partial charge on any atom is -0.477 e. The van der Waals surface area contributed by atoms with Crippen molar-refractivity contribution in [2.45, 2.75) is 19.3 Å². The molecule has 0 bridgehead atoms. The second-order valence-corrected chi connectivity index (χ2v) is 5.64. The molecular weight excluding hydrogens is 280 g/mol. The summed E-state index contributed by atoms with van der Waals surface area (Å²) in [5, 5.41) is 4.58. The average molecular weight is 299 g/mol. The molecule has 3 nitrogen and oxygen atoms in total. The summed E-state index contributed by atoms with van der Waals surface area (Å²) in [6, 6.07) is 8.24. The van der Waals surface area contributed by atoms with Gasteiger partial charge in [0.1, 0.15) is 0 Å². The van der Waals surface area contributed by atoms with Crippen molar-refractivity contribution in [2.24, 2.45) is 5.92 Å². The van der Waals surface area contributed by atoms with E-state index in [0.717, 1.165) is 36.8 Å². The SMILES string of the molecule is Cl.c1ccc2c(OCCC3CCCNC3)nsc2c1. The quantitative estimate of drug-likeness (QED) is 0.938. The van der Waals surface area contributed by atoms with Gasteiger partial charge in [0.05, 0.1) is 16.7 Å². The Morgan fingerprint density at radius 3 is 3.11 bits per heavy atom. The Labute approximate surface area is 123 Å². The van der Waals surface area contributed by atoms with Gasteiger partial charge in [-0.15, -0.1) is 12.4 Å². The number of hydrogen-bond donors (Lipinski definition) is 1.